The Labute approximate surface area is 173 Å². The highest BCUT2D eigenvalue weighted by Gasteiger charge is 2.20. The third kappa shape index (κ3) is 4.10. The van der Waals surface area contributed by atoms with Gasteiger partial charge in [-0.1, -0.05) is 0 Å². The van der Waals surface area contributed by atoms with Crippen molar-refractivity contribution in [3.05, 3.63) is 40.0 Å². The third-order valence-electron chi connectivity index (χ3n) is 5.04. The van der Waals surface area contributed by atoms with Gasteiger partial charge in [-0.15, -0.1) is 11.3 Å². The van der Waals surface area contributed by atoms with Gasteiger partial charge in [0.1, 0.15) is 16.9 Å². The maximum Gasteiger partial charge on any atom is 0.231 e. The van der Waals surface area contributed by atoms with Crippen molar-refractivity contribution in [3.8, 4) is 17.4 Å². The first-order valence-electron chi connectivity index (χ1n) is 9.47. The number of carbonyl (C=O) groups excluding carboxylic acids is 1. The van der Waals surface area contributed by atoms with Crippen LogP contribution in [0.2, 0.25) is 0 Å². The largest absolute Gasteiger partial charge is 0.493 e. The van der Waals surface area contributed by atoms with Crippen molar-refractivity contribution < 1.29 is 19.0 Å². The summed E-state index contributed by atoms with van der Waals surface area (Å²) in [5, 5.41) is 0.916. The summed E-state index contributed by atoms with van der Waals surface area (Å²) >= 11 is 1.64. The minimum Gasteiger partial charge on any atom is -0.493 e. The fourth-order valence-corrected chi connectivity index (χ4v) is 4.34. The van der Waals surface area contributed by atoms with Crippen LogP contribution in [0.5, 0.6) is 17.4 Å². The molecule has 8 heteroatoms. The Hall–Kier alpha value is -2.55. The van der Waals surface area contributed by atoms with Crippen molar-refractivity contribution >= 4 is 27.8 Å². The molecule has 0 amide bonds. The first-order chi connectivity index (χ1) is 14.1. The van der Waals surface area contributed by atoms with Gasteiger partial charge in [-0.25, -0.2) is 4.98 Å². The van der Waals surface area contributed by atoms with Crippen LogP contribution in [0.4, 0.5) is 0 Å². The van der Waals surface area contributed by atoms with E-state index in [1.807, 2.05) is 0 Å². The summed E-state index contributed by atoms with van der Waals surface area (Å²) in [7, 11) is 1.55. The second-order valence-electron chi connectivity index (χ2n) is 6.93. The number of hydrogen-bond donors (Lipinski definition) is 0. The molecule has 0 bridgehead atoms. The zero-order valence-electron chi connectivity index (χ0n) is 16.7. The molecule has 4 rings (SSSR count). The summed E-state index contributed by atoms with van der Waals surface area (Å²) < 4.78 is 17.1. The molecule has 0 atom stereocenters. The third-order valence-corrected chi connectivity index (χ3v) is 6.14. The molecule has 0 unspecified atom stereocenters. The normalized spacial score (nSPS) is 14.9. The molecule has 29 heavy (non-hydrogen) atoms. The topological polar surface area (TPSA) is 73.8 Å². The van der Waals surface area contributed by atoms with E-state index in [0.29, 0.717) is 29.5 Å². The SMILES string of the molecule is COc1cc(C=O)ccc1Oc1nc(CN2CCOCC2)nc2sc(C)c(C)c12. The summed E-state index contributed by atoms with van der Waals surface area (Å²) in [5.41, 5.74) is 1.64. The number of carbonyl (C=O) groups is 1. The van der Waals surface area contributed by atoms with Gasteiger partial charge in [0.15, 0.2) is 11.5 Å². The molecule has 0 aliphatic carbocycles. The van der Waals surface area contributed by atoms with Crippen LogP contribution in [0.3, 0.4) is 0 Å². The lowest BCUT2D eigenvalue weighted by Crippen LogP contribution is -2.36. The van der Waals surface area contributed by atoms with Crippen LogP contribution in [-0.2, 0) is 11.3 Å². The van der Waals surface area contributed by atoms with Crippen molar-refractivity contribution in [2.75, 3.05) is 33.4 Å². The molecule has 1 aromatic carbocycles. The highest BCUT2D eigenvalue weighted by Crippen LogP contribution is 2.39. The molecular weight excluding hydrogens is 390 g/mol. The minimum atomic E-state index is 0.487. The zero-order chi connectivity index (χ0) is 20.4. The molecule has 0 radical (unpaired) electrons. The van der Waals surface area contributed by atoms with Crippen LogP contribution < -0.4 is 9.47 Å². The first-order valence-corrected chi connectivity index (χ1v) is 10.3. The van der Waals surface area contributed by atoms with Gasteiger partial charge in [0.2, 0.25) is 5.88 Å². The Morgan fingerprint density at radius 3 is 2.72 bits per heavy atom. The number of rotatable bonds is 6. The number of nitrogens with zero attached hydrogens (tertiary/aromatic N) is 3. The Kier molecular flexibility index (Phi) is 5.75. The smallest absolute Gasteiger partial charge is 0.231 e. The van der Waals surface area contributed by atoms with Crippen LogP contribution in [0, 0.1) is 13.8 Å². The fourth-order valence-electron chi connectivity index (χ4n) is 3.30. The monoisotopic (exact) mass is 413 g/mol. The molecule has 0 spiro atoms. The van der Waals surface area contributed by atoms with Crippen molar-refractivity contribution in [3.63, 3.8) is 0 Å². The van der Waals surface area contributed by atoms with Crippen molar-refractivity contribution in [1.82, 2.24) is 14.9 Å². The molecule has 3 aromatic rings. The first kappa shape index (κ1) is 19.8. The highest BCUT2D eigenvalue weighted by molar-refractivity contribution is 7.18. The Morgan fingerprint density at radius 1 is 1.21 bits per heavy atom. The van der Waals surface area contributed by atoms with Gasteiger partial charge in [-0.05, 0) is 37.6 Å². The van der Waals surface area contributed by atoms with Crippen LogP contribution in [-0.4, -0.2) is 54.6 Å². The summed E-state index contributed by atoms with van der Waals surface area (Å²) in [6.45, 7) is 7.95. The molecule has 3 heterocycles. The number of morpholine rings is 1. The quantitative estimate of drug-likeness (QED) is 0.570. The van der Waals surface area contributed by atoms with Gasteiger partial charge < -0.3 is 14.2 Å². The van der Waals surface area contributed by atoms with E-state index < -0.39 is 0 Å². The maximum atomic E-state index is 11.1. The number of methoxy groups -OCH3 is 1. The molecule has 1 aliphatic rings. The standard InChI is InChI=1S/C21H23N3O4S/c1-13-14(2)29-21-19(13)20(22-18(23-21)11-24-6-8-27-9-7-24)28-16-5-4-15(12-25)10-17(16)26-3/h4-5,10,12H,6-9,11H2,1-3H3. The molecule has 1 aliphatic heterocycles. The average Bonchev–Trinajstić information content (AvgIpc) is 3.02. The number of aromatic nitrogens is 2. The second-order valence-corrected chi connectivity index (χ2v) is 8.13. The fraction of sp³-hybridized carbons (Fsp3) is 0.381. The summed E-state index contributed by atoms with van der Waals surface area (Å²) in [5.74, 6) is 2.23. The lowest BCUT2D eigenvalue weighted by atomic mass is 10.2. The predicted molar refractivity (Wildman–Crippen MR) is 111 cm³/mol. The minimum absolute atomic E-state index is 0.487. The van der Waals surface area contributed by atoms with Crippen LogP contribution in [0.15, 0.2) is 18.2 Å². The number of ether oxygens (including phenoxy) is 3. The zero-order valence-corrected chi connectivity index (χ0v) is 17.5. The van der Waals surface area contributed by atoms with Gasteiger partial charge in [0, 0.05) is 23.5 Å². The number of thiophene rings is 1. The van der Waals surface area contributed by atoms with E-state index in [2.05, 4.69) is 18.7 Å². The molecule has 1 fully saturated rings. The van der Waals surface area contributed by atoms with Crippen LogP contribution >= 0.6 is 11.3 Å². The van der Waals surface area contributed by atoms with E-state index in [1.165, 1.54) is 4.88 Å². The Balaban J connectivity index is 1.74. The van der Waals surface area contributed by atoms with E-state index >= 15 is 0 Å². The van der Waals surface area contributed by atoms with Gasteiger partial charge in [0.25, 0.3) is 0 Å². The molecule has 2 aromatic heterocycles. The molecule has 1 saturated heterocycles. The van der Waals surface area contributed by atoms with E-state index in [1.54, 1.807) is 36.6 Å². The van der Waals surface area contributed by atoms with E-state index in [-0.39, 0.29) is 0 Å². The molecule has 7 nitrogen and oxygen atoms in total. The number of aryl methyl sites for hydroxylation is 2. The van der Waals surface area contributed by atoms with E-state index in [9.17, 15) is 4.79 Å². The molecule has 152 valence electrons. The summed E-state index contributed by atoms with van der Waals surface area (Å²) in [6.07, 6.45) is 0.780. The number of aldehydes is 1. The molecular formula is C21H23N3O4S. The number of fused-ring (bicyclic) bond motifs is 1. The highest BCUT2D eigenvalue weighted by atomic mass is 32.1. The predicted octanol–water partition coefficient (Wildman–Crippen LogP) is 3.75. The Bertz CT molecular complexity index is 1040. The van der Waals surface area contributed by atoms with Crippen molar-refractivity contribution in [1.29, 1.82) is 0 Å². The van der Waals surface area contributed by atoms with Crippen LogP contribution in [0.1, 0.15) is 26.6 Å². The van der Waals surface area contributed by atoms with E-state index in [0.717, 1.165) is 54.2 Å². The average molecular weight is 413 g/mol. The lowest BCUT2D eigenvalue weighted by molar-refractivity contribution is 0.0330. The van der Waals surface area contributed by atoms with Gasteiger partial charge in [0.05, 0.1) is 32.3 Å². The van der Waals surface area contributed by atoms with Crippen molar-refractivity contribution in [2.24, 2.45) is 0 Å². The van der Waals surface area contributed by atoms with E-state index in [4.69, 9.17) is 24.2 Å². The van der Waals surface area contributed by atoms with Gasteiger partial charge in [-0.2, -0.15) is 4.98 Å². The van der Waals surface area contributed by atoms with Gasteiger partial charge >= 0.3 is 0 Å². The maximum absolute atomic E-state index is 11.1. The molecule has 0 N–H and O–H groups in total. The second kappa shape index (κ2) is 8.44. The van der Waals surface area contributed by atoms with Crippen LogP contribution in [0.25, 0.3) is 10.2 Å². The number of hydrogen-bond acceptors (Lipinski definition) is 8. The summed E-state index contributed by atoms with van der Waals surface area (Å²) in [4.78, 5) is 25.0. The Morgan fingerprint density at radius 2 is 2.00 bits per heavy atom. The number of benzene rings is 1. The van der Waals surface area contributed by atoms with Crippen molar-refractivity contribution in [2.45, 2.75) is 20.4 Å². The summed E-state index contributed by atoms with van der Waals surface area (Å²) in [6, 6.07) is 5.08. The lowest BCUT2D eigenvalue weighted by Gasteiger charge is -2.25. The molecule has 0 saturated carbocycles. The van der Waals surface area contributed by atoms with Gasteiger partial charge in [-0.3, -0.25) is 9.69 Å².